The summed E-state index contributed by atoms with van der Waals surface area (Å²) in [6, 6.07) is 11.7. The lowest BCUT2D eigenvalue weighted by Crippen LogP contribution is -3.10. The SMILES string of the molecule is CC(C)S(=O)(=O)c1ccc(C2c3cc4c(cc3CC[NH+]2C)OCO4)cc1.[Cl-]. The van der Waals surface area contributed by atoms with E-state index in [1.165, 1.54) is 16.0 Å². The summed E-state index contributed by atoms with van der Waals surface area (Å²) in [5.41, 5.74) is 3.63. The Balaban J connectivity index is 0.00000210. The summed E-state index contributed by atoms with van der Waals surface area (Å²) in [7, 11) is -1.07. The molecule has 27 heavy (non-hydrogen) atoms. The van der Waals surface area contributed by atoms with E-state index < -0.39 is 15.1 Å². The topological polar surface area (TPSA) is 57.0 Å². The van der Waals surface area contributed by atoms with Crippen molar-refractivity contribution >= 4 is 9.84 Å². The molecular weight excluding hydrogens is 386 g/mol. The third-order valence-corrected chi connectivity index (χ3v) is 7.56. The first kappa shape index (κ1) is 20.0. The first-order valence-electron chi connectivity index (χ1n) is 8.96. The largest absolute Gasteiger partial charge is 1.00 e. The van der Waals surface area contributed by atoms with Crippen molar-refractivity contribution in [3.05, 3.63) is 53.1 Å². The van der Waals surface area contributed by atoms with Crippen molar-refractivity contribution in [2.75, 3.05) is 20.4 Å². The van der Waals surface area contributed by atoms with Gasteiger partial charge in [0.25, 0.3) is 0 Å². The minimum atomic E-state index is -3.25. The van der Waals surface area contributed by atoms with Gasteiger partial charge in [0.1, 0.15) is 6.04 Å². The van der Waals surface area contributed by atoms with Gasteiger partial charge in [-0.1, -0.05) is 12.1 Å². The van der Waals surface area contributed by atoms with Gasteiger partial charge in [-0.2, -0.15) is 0 Å². The molecule has 0 radical (unpaired) electrons. The molecule has 7 heteroatoms. The molecule has 2 unspecified atom stereocenters. The minimum absolute atomic E-state index is 0. The summed E-state index contributed by atoms with van der Waals surface area (Å²) in [4.78, 5) is 1.77. The van der Waals surface area contributed by atoms with Crippen LogP contribution >= 0.6 is 0 Å². The van der Waals surface area contributed by atoms with Crippen LogP contribution in [0.4, 0.5) is 0 Å². The summed E-state index contributed by atoms with van der Waals surface area (Å²) in [6.45, 7) is 4.71. The van der Waals surface area contributed by atoms with E-state index in [9.17, 15) is 8.42 Å². The molecule has 1 N–H and O–H groups in total. The van der Waals surface area contributed by atoms with Crippen LogP contribution in [0, 0.1) is 0 Å². The van der Waals surface area contributed by atoms with E-state index >= 15 is 0 Å². The Labute approximate surface area is 166 Å². The molecule has 0 amide bonds. The fourth-order valence-electron chi connectivity index (χ4n) is 3.81. The molecule has 0 fully saturated rings. The number of hydrogen-bond donors (Lipinski definition) is 1. The Kier molecular flexibility index (Phi) is 5.43. The Hall–Kier alpha value is -1.76. The predicted molar refractivity (Wildman–Crippen MR) is 98.6 cm³/mol. The van der Waals surface area contributed by atoms with Gasteiger partial charge >= 0.3 is 0 Å². The highest BCUT2D eigenvalue weighted by atomic mass is 35.5. The number of halogens is 1. The molecule has 0 aliphatic carbocycles. The smallest absolute Gasteiger partial charge is 0.231 e. The first-order chi connectivity index (χ1) is 12.4. The van der Waals surface area contributed by atoms with Crippen LogP contribution in [0.5, 0.6) is 11.5 Å². The molecule has 5 nitrogen and oxygen atoms in total. The molecule has 0 saturated heterocycles. The highest BCUT2D eigenvalue weighted by molar-refractivity contribution is 7.92. The molecule has 0 spiro atoms. The Morgan fingerprint density at radius 3 is 2.33 bits per heavy atom. The van der Waals surface area contributed by atoms with Crippen LogP contribution in [0.1, 0.15) is 36.6 Å². The zero-order chi connectivity index (χ0) is 18.5. The number of fused-ring (bicyclic) bond motifs is 2. The maximum absolute atomic E-state index is 12.4. The van der Waals surface area contributed by atoms with Gasteiger partial charge in [-0.3, -0.25) is 0 Å². The summed E-state index contributed by atoms with van der Waals surface area (Å²) in [6.07, 6.45) is 0.994. The Bertz CT molecular complexity index is 941. The highest BCUT2D eigenvalue weighted by Crippen LogP contribution is 2.38. The second-order valence-corrected chi connectivity index (χ2v) is 9.85. The monoisotopic (exact) mass is 409 g/mol. The van der Waals surface area contributed by atoms with Crippen LogP contribution < -0.4 is 26.8 Å². The third kappa shape index (κ3) is 3.42. The summed E-state index contributed by atoms with van der Waals surface area (Å²) >= 11 is 0. The normalized spacial score (nSPS) is 20.9. The number of hydrogen-bond acceptors (Lipinski definition) is 4. The van der Waals surface area contributed by atoms with Crippen LogP contribution in [0.25, 0.3) is 0 Å². The molecule has 2 atom stereocenters. The predicted octanol–water partition coefficient (Wildman–Crippen LogP) is -1.24. The molecule has 146 valence electrons. The average molecular weight is 410 g/mol. The van der Waals surface area contributed by atoms with Crippen molar-refractivity contribution in [1.82, 2.24) is 0 Å². The lowest BCUT2D eigenvalue weighted by Gasteiger charge is -2.32. The van der Waals surface area contributed by atoms with Crippen LogP contribution in [0.2, 0.25) is 0 Å². The summed E-state index contributed by atoms with van der Waals surface area (Å²) in [5, 5.41) is -0.420. The maximum atomic E-state index is 12.4. The van der Waals surface area contributed by atoms with Crippen LogP contribution in [-0.2, 0) is 16.3 Å². The van der Waals surface area contributed by atoms with E-state index in [2.05, 4.69) is 19.2 Å². The molecule has 2 aliphatic rings. The summed E-state index contributed by atoms with van der Waals surface area (Å²) < 4.78 is 35.8. The first-order valence-corrected chi connectivity index (χ1v) is 10.5. The van der Waals surface area contributed by atoms with Gasteiger partial charge in [0.2, 0.25) is 6.79 Å². The van der Waals surface area contributed by atoms with Gasteiger partial charge in [-0.15, -0.1) is 0 Å². The Morgan fingerprint density at radius 1 is 1.07 bits per heavy atom. The quantitative estimate of drug-likeness (QED) is 0.689. The maximum Gasteiger partial charge on any atom is 0.231 e. The van der Waals surface area contributed by atoms with Gasteiger partial charge in [-0.25, -0.2) is 8.42 Å². The lowest BCUT2D eigenvalue weighted by atomic mass is 9.88. The fourth-order valence-corrected chi connectivity index (χ4v) is 4.87. The standard InChI is InChI=1S/C20H23NO4S.ClH/c1-13(2)26(22,23)16-6-4-14(5-7-16)20-17-11-19-18(24-12-25-19)10-15(17)8-9-21(20)3;/h4-7,10-11,13,20H,8-9,12H2,1-3H3;1H. The van der Waals surface area contributed by atoms with E-state index in [4.69, 9.17) is 9.47 Å². The molecular formula is C20H24ClNO4S. The van der Waals surface area contributed by atoms with Gasteiger partial charge in [-0.05, 0) is 43.7 Å². The highest BCUT2D eigenvalue weighted by Gasteiger charge is 2.32. The molecule has 2 aromatic rings. The molecule has 2 aliphatic heterocycles. The number of sulfone groups is 1. The number of rotatable bonds is 3. The van der Waals surface area contributed by atoms with Crippen molar-refractivity contribution in [2.45, 2.75) is 36.5 Å². The van der Waals surface area contributed by atoms with E-state index in [1.807, 2.05) is 12.1 Å². The minimum Gasteiger partial charge on any atom is -1.00 e. The van der Waals surface area contributed by atoms with Crippen LogP contribution in [0.3, 0.4) is 0 Å². The molecule has 0 bridgehead atoms. The number of nitrogens with one attached hydrogen (secondary N) is 1. The lowest BCUT2D eigenvalue weighted by molar-refractivity contribution is -0.908. The number of benzene rings is 2. The van der Waals surface area contributed by atoms with Gasteiger partial charge in [0.15, 0.2) is 21.3 Å². The third-order valence-electron chi connectivity index (χ3n) is 5.39. The molecule has 4 rings (SSSR count). The van der Waals surface area contributed by atoms with Crippen molar-refractivity contribution in [3.63, 3.8) is 0 Å². The van der Waals surface area contributed by atoms with Gasteiger partial charge in [0.05, 0.1) is 23.7 Å². The van der Waals surface area contributed by atoms with Crippen molar-refractivity contribution in [1.29, 1.82) is 0 Å². The number of ether oxygens (including phenoxy) is 2. The second kappa shape index (κ2) is 7.34. The molecule has 0 aromatic heterocycles. The van der Waals surface area contributed by atoms with Gasteiger partial charge < -0.3 is 26.8 Å². The van der Waals surface area contributed by atoms with Crippen molar-refractivity contribution in [3.8, 4) is 11.5 Å². The Morgan fingerprint density at radius 2 is 1.70 bits per heavy atom. The summed E-state index contributed by atoms with van der Waals surface area (Å²) in [5.74, 6) is 1.61. The fraction of sp³-hybridized carbons (Fsp3) is 0.400. The second-order valence-electron chi connectivity index (χ2n) is 7.35. The van der Waals surface area contributed by atoms with E-state index in [1.54, 1.807) is 26.0 Å². The zero-order valence-corrected chi connectivity index (χ0v) is 17.2. The van der Waals surface area contributed by atoms with E-state index in [0.717, 1.165) is 30.0 Å². The van der Waals surface area contributed by atoms with Crippen molar-refractivity contribution in [2.24, 2.45) is 0 Å². The molecule has 0 saturated carbocycles. The molecule has 2 aromatic carbocycles. The van der Waals surface area contributed by atoms with E-state index in [0.29, 0.717) is 4.90 Å². The molecule has 2 heterocycles. The average Bonchev–Trinajstić information content (AvgIpc) is 3.07. The van der Waals surface area contributed by atoms with Crippen molar-refractivity contribution < 1.29 is 35.2 Å². The zero-order valence-electron chi connectivity index (χ0n) is 15.7. The van der Waals surface area contributed by atoms with Gasteiger partial charge in [0, 0.05) is 17.5 Å². The van der Waals surface area contributed by atoms with Crippen LogP contribution in [0.15, 0.2) is 41.3 Å². The number of likely N-dealkylation sites (N-methyl/N-ethyl adjacent to an activating group) is 1. The number of quaternary nitrogens is 1. The van der Waals surface area contributed by atoms with Crippen LogP contribution in [-0.4, -0.2) is 34.1 Å². The van der Waals surface area contributed by atoms with E-state index in [-0.39, 0.29) is 25.2 Å².